The molecule has 100 valence electrons. The van der Waals surface area contributed by atoms with Gasteiger partial charge < -0.3 is 14.9 Å². The van der Waals surface area contributed by atoms with Gasteiger partial charge in [0.25, 0.3) is 0 Å². The number of carboxylic acid groups (broad SMARTS) is 1. The van der Waals surface area contributed by atoms with Crippen LogP contribution in [-0.4, -0.2) is 16.2 Å². The van der Waals surface area contributed by atoms with Gasteiger partial charge in [-0.2, -0.15) is 0 Å². The van der Waals surface area contributed by atoms with Crippen LogP contribution in [0.4, 0.5) is 0 Å². The maximum absolute atomic E-state index is 10.7. The number of aromatic carboxylic acids is 1. The highest BCUT2D eigenvalue weighted by atomic mass is 16.5. The van der Waals surface area contributed by atoms with Gasteiger partial charge in [-0.25, -0.2) is 4.79 Å². The second-order valence-corrected chi connectivity index (χ2v) is 4.50. The Morgan fingerprint density at radius 2 is 2.11 bits per heavy atom. The van der Waals surface area contributed by atoms with Crippen molar-refractivity contribution >= 4 is 5.97 Å². The lowest BCUT2D eigenvalue weighted by Crippen LogP contribution is -2.17. The van der Waals surface area contributed by atoms with Crippen molar-refractivity contribution in [3.05, 3.63) is 52.9 Å². The van der Waals surface area contributed by atoms with E-state index < -0.39 is 5.97 Å². The predicted octanol–water partition coefficient (Wildman–Crippen LogP) is 2.53. The largest absolute Gasteiger partial charge is 0.476 e. The van der Waals surface area contributed by atoms with Gasteiger partial charge in [0.2, 0.25) is 0 Å². The fourth-order valence-corrected chi connectivity index (χ4v) is 1.72. The van der Waals surface area contributed by atoms with E-state index in [1.54, 1.807) is 0 Å². The molecule has 1 atom stereocenters. The maximum Gasteiger partial charge on any atom is 0.358 e. The van der Waals surface area contributed by atoms with E-state index in [-0.39, 0.29) is 11.7 Å². The van der Waals surface area contributed by atoms with Crippen molar-refractivity contribution in [2.75, 3.05) is 0 Å². The first-order valence-electron chi connectivity index (χ1n) is 6.05. The molecule has 2 N–H and O–H groups in total. The van der Waals surface area contributed by atoms with Gasteiger partial charge >= 0.3 is 5.97 Å². The van der Waals surface area contributed by atoms with Crippen molar-refractivity contribution in [2.45, 2.75) is 26.4 Å². The number of hydrogen-bond acceptors (Lipinski definition) is 4. The van der Waals surface area contributed by atoms with Crippen molar-refractivity contribution in [2.24, 2.45) is 0 Å². The number of rotatable bonds is 5. The van der Waals surface area contributed by atoms with Crippen LogP contribution in [0.2, 0.25) is 0 Å². The van der Waals surface area contributed by atoms with Crippen molar-refractivity contribution < 1.29 is 14.4 Å². The standard InChI is InChI=1S/C14H16N2O3/c1-9-3-5-11(6-4-9)10(2)15-8-12-7-13(14(17)18)16-19-12/h3-7,10,15H,8H2,1-2H3,(H,17,18)/t10-/m1/s1. The number of aromatic nitrogens is 1. The summed E-state index contributed by atoms with van der Waals surface area (Å²) in [4.78, 5) is 10.7. The van der Waals surface area contributed by atoms with Crippen LogP contribution < -0.4 is 5.32 Å². The molecule has 0 aliphatic carbocycles. The third-order valence-electron chi connectivity index (χ3n) is 2.94. The fraction of sp³-hybridized carbons (Fsp3) is 0.286. The van der Waals surface area contributed by atoms with Gasteiger partial charge in [-0.3, -0.25) is 0 Å². The van der Waals surface area contributed by atoms with Crippen LogP contribution in [0.5, 0.6) is 0 Å². The number of nitrogens with one attached hydrogen (secondary N) is 1. The molecule has 0 unspecified atom stereocenters. The minimum atomic E-state index is -1.08. The van der Waals surface area contributed by atoms with E-state index in [1.165, 1.54) is 17.2 Å². The maximum atomic E-state index is 10.7. The van der Waals surface area contributed by atoms with Crippen LogP contribution in [-0.2, 0) is 6.54 Å². The van der Waals surface area contributed by atoms with Crippen molar-refractivity contribution in [1.82, 2.24) is 10.5 Å². The molecule has 1 aromatic carbocycles. The van der Waals surface area contributed by atoms with Crippen LogP contribution in [0.15, 0.2) is 34.9 Å². The predicted molar refractivity (Wildman–Crippen MR) is 69.9 cm³/mol. The molecule has 0 bridgehead atoms. The highest BCUT2D eigenvalue weighted by Crippen LogP contribution is 2.14. The summed E-state index contributed by atoms with van der Waals surface area (Å²) in [7, 11) is 0. The smallest absolute Gasteiger partial charge is 0.358 e. The van der Waals surface area contributed by atoms with Gasteiger partial charge in [-0.05, 0) is 19.4 Å². The molecule has 2 rings (SSSR count). The zero-order valence-corrected chi connectivity index (χ0v) is 10.9. The number of nitrogens with zero attached hydrogens (tertiary/aromatic N) is 1. The first-order valence-corrected chi connectivity index (χ1v) is 6.05. The number of aryl methyl sites for hydroxylation is 1. The average Bonchev–Trinajstić information content (AvgIpc) is 2.86. The summed E-state index contributed by atoms with van der Waals surface area (Å²) in [5.41, 5.74) is 2.32. The summed E-state index contributed by atoms with van der Waals surface area (Å²) in [6.45, 7) is 4.53. The van der Waals surface area contributed by atoms with Crippen molar-refractivity contribution in [1.29, 1.82) is 0 Å². The highest BCUT2D eigenvalue weighted by Gasteiger charge is 2.11. The van der Waals surface area contributed by atoms with Crippen molar-refractivity contribution in [3.8, 4) is 0 Å². The van der Waals surface area contributed by atoms with E-state index in [0.717, 1.165) is 0 Å². The molecule has 1 heterocycles. The molecule has 0 amide bonds. The zero-order chi connectivity index (χ0) is 13.8. The average molecular weight is 260 g/mol. The quantitative estimate of drug-likeness (QED) is 0.864. The third-order valence-corrected chi connectivity index (χ3v) is 2.94. The lowest BCUT2D eigenvalue weighted by Gasteiger charge is -2.13. The molecule has 0 aliphatic rings. The Bertz CT molecular complexity index is 560. The molecular formula is C14H16N2O3. The van der Waals surface area contributed by atoms with E-state index >= 15 is 0 Å². The Kier molecular flexibility index (Phi) is 3.97. The molecule has 0 fully saturated rings. The number of carbonyl (C=O) groups is 1. The van der Waals surface area contributed by atoms with Gasteiger partial charge in [0.15, 0.2) is 11.5 Å². The van der Waals surface area contributed by atoms with Crippen LogP contribution >= 0.6 is 0 Å². The van der Waals surface area contributed by atoms with Crippen molar-refractivity contribution in [3.63, 3.8) is 0 Å². The Balaban J connectivity index is 1.94. The first kappa shape index (κ1) is 13.3. The summed E-state index contributed by atoms with van der Waals surface area (Å²) < 4.78 is 4.94. The molecule has 0 saturated carbocycles. The monoisotopic (exact) mass is 260 g/mol. The molecule has 0 radical (unpaired) electrons. The minimum absolute atomic E-state index is 0.0696. The molecular weight excluding hydrogens is 244 g/mol. The molecule has 1 aromatic heterocycles. The zero-order valence-electron chi connectivity index (χ0n) is 10.9. The molecule has 5 heteroatoms. The van der Waals surface area contributed by atoms with Crippen LogP contribution in [0.1, 0.15) is 40.3 Å². The van der Waals surface area contributed by atoms with E-state index in [0.29, 0.717) is 12.3 Å². The molecule has 5 nitrogen and oxygen atoms in total. The van der Waals surface area contributed by atoms with Gasteiger partial charge in [-0.1, -0.05) is 35.0 Å². The Hall–Kier alpha value is -2.14. The summed E-state index contributed by atoms with van der Waals surface area (Å²) in [6.07, 6.45) is 0. The minimum Gasteiger partial charge on any atom is -0.476 e. The third kappa shape index (κ3) is 3.42. The van der Waals surface area contributed by atoms with E-state index in [4.69, 9.17) is 9.63 Å². The highest BCUT2D eigenvalue weighted by molar-refractivity contribution is 5.85. The summed E-state index contributed by atoms with van der Waals surface area (Å²) >= 11 is 0. The van der Waals surface area contributed by atoms with Gasteiger partial charge in [0, 0.05) is 12.1 Å². The summed E-state index contributed by atoms with van der Waals surface area (Å²) in [5.74, 6) is -0.571. The van der Waals surface area contributed by atoms with Gasteiger partial charge in [0.05, 0.1) is 6.54 Å². The number of benzene rings is 1. The lowest BCUT2D eigenvalue weighted by atomic mass is 10.1. The number of carboxylic acids is 1. The topological polar surface area (TPSA) is 75.4 Å². The summed E-state index contributed by atoms with van der Waals surface area (Å²) in [6, 6.07) is 9.83. The number of hydrogen-bond donors (Lipinski definition) is 2. The Morgan fingerprint density at radius 3 is 2.68 bits per heavy atom. The fourth-order valence-electron chi connectivity index (χ4n) is 1.72. The van der Waals surface area contributed by atoms with E-state index in [2.05, 4.69) is 34.7 Å². The molecule has 0 spiro atoms. The molecule has 19 heavy (non-hydrogen) atoms. The van der Waals surface area contributed by atoms with Crippen LogP contribution in [0, 0.1) is 6.92 Å². The van der Waals surface area contributed by atoms with Crippen LogP contribution in [0.3, 0.4) is 0 Å². The lowest BCUT2D eigenvalue weighted by molar-refractivity contribution is 0.0685. The second-order valence-electron chi connectivity index (χ2n) is 4.50. The molecule has 0 aliphatic heterocycles. The second kappa shape index (κ2) is 5.67. The van der Waals surface area contributed by atoms with Gasteiger partial charge in [0.1, 0.15) is 0 Å². The first-order chi connectivity index (χ1) is 9.06. The van der Waals surface area contributed by atoms with E-state index in [1.807, 2.05) is 13.8 Å². The van der Waals surface area contributed by atoms with Crippen LogP contribution in [0.25, 0.3) is 0 Å². The van der Waals surface area contributed by atoms with E-state index in [9.17, 15) is 4.79 Å². The van der Waals surface area contributed by atoms with Gasteiger partial charge in [-0.15, -0.1) is 0 Å². The Morgan fingerprint density at radius 1 is 1.42 bits per heavy atom. The molecule has 2 aromatic rings. The SMILES string of the molecule is Cc1ccc([C@@H](C)NCc2cc(C(=O)O)no2)cc1. The normalized spacial score (nSPS) is 12.3. The molecule has 0 saturated heterocycles. The summed E-state index contributed by atoms with van der Waals surface area (Å²) in [5, 5.41) is 15.5. The Labute approximate surface area is 111 Å².